The van der Waals surface area contributed by atoms with E-state index in [1.54, 1.807) is 0 Å². The van der Waals surface area contributed by atoms with Crippen molar-refractivity contribution >= 4 is 5.97 Å². The van der Waals surface area contributed by atoms with Crippen molar-refractivity contribution in [3.63, 3.8) is 0 Å². The number of nitrogens with one attached hydrogen (secondary N) is 1. The molecule has 2 unspecified atom stereocenters. The molecule has 1 heterocycles. The smallest absolute Gasteiger partial charge is 0.323 e. The highest BCUT2D eigenvalue weighted by atomic mass is 16.6. The van der Waals surface area contributed by atoms with E-state index < -0.39 is 0 Å². The van der Waals surface area contributed by atoms with Gasteiger partial charge >= 0.3 is 5.97 Å². The van der Waals surface area contributed by atoms with Crippen LogP contribution in [0.25, 0.3) is 0 Å². The normalized spacial score (nSPS) is 13.9. The lowest BCUT2D eigenvalue weighted by Crippen LogP contribution is -2.41. The topological polar surface area (TPSA) is 251 Å². The van der Waals surface area contributed by atoms with Crippen LogP contribution in [-0.2, 0) is 118 Å². The van der Waals surface area contributed by atoms with E-state index in [4.69, 9.17) is 114 Å². The molecule has 2 atom stereocenters. The fraction of sp³-hybridized carbons (Fsp3) is 0.985. The molecule has 1 saturated heterocycles. The van der Waals surface area contributed by atoms with Gasteiger partial charge in [0.05, 0.1) is 297 Å². The molecule has 1 N–H and O–H groups in total. The molecule has 93 heavy (non-hydrogen) atoms. The number of hydrogen-bond acceptors (Lipinski definition) is 26. The van der Waals surface area contributed by atoms with Crippen LogP contribution in [0.3, 0.4) is 0 Å². The molecular formula is C67H133NO25. The molecule has 26 heteroatoms. The number of ether oxygens (including phenoxy) is 24. The van der Waals surface area contributed by atoms with Gasteiger partial charge < -0.3 is 119 Å². The van der Waals surface area contributed by atoms with E-state index in [2.05, 4.69) is 12.2 Å². The first kappa shape index (κ1) is 89.5. The van der Waals surface area contributed by atoms with Crippen molar-refractivity contribution < 1.29 is 118 Å². The summed E-state index contributed by atoms with van der Waals surface area (Å²) >= 11 is 0. The van der Waals surface area contributed by atoms with Crippen LogP contribution in [-0.4, -0.2) is 329 Å². The van der Waals surface area contributed by atoms with E-state index in [-0.39, 0.29) is 23.5 Å². The minimum atomic E-state index is -0.325. The second kappa shape index (κ2) is 76.3. The SMILES string of the molecule is CCCCCCCCCCCCOCCOCCOCCOCCOCCOCCOCCOCCOCCOCCOCCOCCOCCOCCOCCOCCOCCOCCOCCOCCOCCOCCOCC(OC(=O)C1CCCN1)C(C)(C)C. The Bertz CT molecular complexity index is 1430. The van der Waals surface area contributed by atoms with Crippen molar-refractivity contribution in [3.05, 3.63) is 0 Å². The Balaban J connectivity index is 1.61. The molecule has 26 nitrogen and oxygen atoms in total. The predicted molar refractivity (Wildman–Crippen MR) is 351 cm³/mol. The minimum Gasteiger partial charge on any atom is -0.458 e. The van der Waals surface area contributed by atoms with Crippen LogP contribution in [0, 0.1) is 5.41 Å². The fourth-order valence-electron chi connectivity index (χ4n) is 8.29. The van der Waals surface area contributed by atoms with E-state index >= 15 is 0 Å². The van der Waals surface area contributed by atoms with Gasteiger partial charge in [-0.3, -0.25) is 4.79 Å². The lowest BCUT2D eigenvalue weighted by molar-refractivity contribution is -0.162. The Morgan fingerprint density at radius 1 is 0.290 bits per heavy atom. The third-order valence-corrected chi connectivity index (χ3v) is 13.7. The quantitative estimate of drug-likeness (QED) is 0.0541. The van der Waals surface area contributed by atoms with Gasteiger partial charge in [0.25, 0.3) is 0 Å². The van der Waals surface area contributed by atoms with Crippen molar-refractivity contribution in [1.82, 2.24) is 5.32 Å². The maximum atomic E-state index is 12.4. The summed E-state index contributed by atoms with van der Waals surface area (Å²) in [6, 6.07) is -0.212. The molecule has 0 aromatic rings. The summed E-state index contributed by atoms with van der Waals surface area (Å²) in [5.74, 6) is -0.198. The number of unbranched alkanes of at least 4 members (excludes halogenated alkanes) is 9. The van der Waals surface area contributed by atoms with Gasteiger partial charge in [-0.1, -0.05) is 85.5 Å². The summed E-state index contributed by atoms with van der Waals surface area (Å²) in [4.78, 5) is 12.4. The third-order valence-electron chi connectivity index (χ3n) is 13.7. The Morgan fingerprint density at radius 3 is 0.677 bits per heavy atom. The largest absolute Gasteiger partial charge is 0.458 e. The monoisotopic (exact) mass is 1350 g/mol. The first-order valence-electron chi connectivity index (χ1n) is 35.2. The van der Waals surface area contributed by atoms with Crippen LogP contribution < -0.4 is 5.32 Å². The number of esters is 1. The van der Waals surface area contributed by atoms with E-state index in [9.17, 15) is 4.79 Å². The van der Waals surface area contributed by atoms with E-state index in [1.807, 2.05) is 20.8 Å². The van der Waals surface area contributed by atoms with E-state index in [1.165, 1.54) is 57.8 Å². The van der Waals surface area contributed by atoms with Gasteiger partial charge in [0.1, 0.15) is 12.1 Å². The van der Waals surface area contributed by atoms with E-state index in [0.29, 0.717) is 297 Å². The summed E-state index contributed by atoms with van der Waals surface area (Å²) in [6.07, 6.45) is 14.8. The molecule has 556 valence electrons. The zero-order chi connectivity index (χ0) is 66.6. The molecule has 0 amide bonds. The Morgan fingerprint density at radius 2 is 0.484 bits per heavy atom. The molecule has 0 aromatic carbocycles. The zero-order valence-electron chi connectivity index (χ0n) is 58.6. The summed E-state index contributed by atoms with van der Waals surface area (Å²) < 4.78 is 134. The standard InChI is InChI=1S/C67H133NO25/c1-5-6-7-8-9-10-11-12-13-14-18-70-19-20-71-21-22-72-23-24-73-25-26-74-27-28-75-29-30-76-31-32-77-33-34-78-35-36-79-37-38-80-39-40-81-41-42-82-43-44-83-45-46-84-47-48-85-49-50-86-51-52-87-53-54-88-55-56-89-57-58-90-59-60-91-61-62-92-63-65(67(2,3)4)93-66(69)64-16-15-17-68-64/h64-65,68H,5-63H2,1-4H3. The van der Waals surface area contributed by atoms with Gasteiger partial charge in [-0.25, -0.2) is 0 Å². The highest BCUT2D eigenvalue weighted by molar-refractivity contribution is 5.76. The van der Waals surface area contributed by atoms with Crippen molar-refractivity contribution in [1.29, 1.82) is 0 Å². The molecule has 0 bridgehead atoms. The molecule has 0 saturated carbocycles. The number of rotatable bonds is 81. The molecule has 0 aromatic heterocycles. The maximum absolute atomic E-state index is 12.4. The van der Waals surface area contributed by atoms with Gasteiger partial charge in [-0.15, -0.1) is 0 Å². The first-order chi connectivity index (χ1) is 45.9. The highest BCUT2D eigenvalue weighted by Gasteiger charge is 2.32. The van der Waals surface area contributed by atoms with Crippen LogP contribution in [0.4, 0.5) is 0 Å². The van der Waals surface area contributed by atoms with Crippen LogP contribution in [0.15, 0.2) is 0 Å². The number of hydrogen-bond donors (Lipinski definition) is 1. The van der Waals surface area contributed by atoms with Crippen molar-refractivity contribution in [2.75, 3.05) is 310 Å². The molecule has 0 aliphatic carbocycles. The second-order valence-electron chi connectivity index (χ2n) is 22.7. The van der Waals surface area contributed by atoms with Crippen LogP contribution in [0.1, 0.15) is 105 Å². The van der Waals surface area contributed by atoms with Gasteiger partial charge in [0, 0.05) is 12.0 Å². The molecule has 0 spiro atoms. The van der Waals surface area contributed by atoms with Crippen LogP contribution >= 0.6 is 0 Å². The Kier molecular flexibility index (Phi) is 73.4. The molecule has 1 rings (SSSR count). The van der Waals surface area contributed by atoms with Crippen LogP contribution in [0.5, 0.6) is 0 Å². The summed E-state index contributed by atoms with van der Waals surface area (Å²) in [5.41, 5.74) is -0.225. The molecule has 1 aliphatic rings. The summed E-state index contributed by atoms with van der Waals surface area (Å²) in [6.45, 7) is 32.1. The average Bonchev–Trinajstić information content (AvgIpc) is 2.33. The van der Waals surface area contributed by atoms with Crippen LogP contribution in [0.2, 0.25) is 0 Å². The highest BCUT2D eigenvalue weighted by Crippen LogP contribution is 2.24. The fourth-order valence-corrected chi connectivity index (χ4v) is 8.29. The second-order valence-corrected chi connectivity index (χ2v) is 22.7. The minimum absolute atomic E-state index is 0.198. The van der Waals surface area contributed by atoms with Gasteiger partial charge in [0.15, 0.2) is 0 Å². The van der Waals surface area contributed by atoms with Crippen molar-refractivity contribution in [3.8, 4) is 0 Å². The van der Waals surface area contributed by atoms with E-state index in [0.717, 1.165) is 32.4 Å². The van der Waals surface area contributed by atoms with Crippen molar-refractivity contribution in [2.24, 2.45) is 5.41 Å². The lowest BCUT2D eigenvalue weighted by Gasteiger charge is -2.31. The summed E-state index contributed by atoms with van der Waals surface area (Å²) in [5, 5.41) is 3.18. The molecular weight excluding hydrogens is 1220 g/mol. The Hall–Kier alpha value is -1.49. The maximum Gasteiger partial charge on any atom is 0.323 e. The zero-order valence-corrected chi connectivity index (χ0v) is 58.6. The van der Waals surface area contributed by atoms with Gasteiger partial charge in [-0.2, -0.15) is 0 Å². The summed E-state index contributed by atoms with van der Waals surface area (Å²) in [7, 11) is 0. The molecule has 1 aliphatic heterocycles. The van der Waals surface area contributed by atoms with Gasteiger partial charge in [0.2, 0.25) is 0 Å². The van der Waals surface area contributed by atoms with Gasteiger partial charge in [-0.05, 0) is 25.8 Å². The molecule has 0 radical (unpaired) electrons. The number of carbonyl (C=O) groups is 1. The third kappa shape index (κ3) is 71.6. The molecule has 1 fully saturated rings. The number of carbonyl (C=O) groups excluding carboxylic acids is 1. The first-order valence-corrected chi connectivity index (χ1v) is 35.2. The van der Waals surface area contributed by atoms with Crippen molar-refractivity contribution in [2.45, 2.75) is 117 Å². The predicted octanol–water partition coefficient (Wildman–Crippen LogP) is 6.00. The Labute approximate surface area is 560 Å². The average molecular weight is 1350 g/mol. The lowest BCUT2D eigenvalue weighted by atomic mass is 9.89.